The Hall–Kier alpha value is -1.22. The molecule has 3 aliphatic rings. The predicted octanol–water partition coefficient (Wildman–Crippen LogP) is 2.96. The van der Waals surface area contributed by atoms with E-state index in [4.69, 9.17) is 9.47 Å². The van der Waals surface area contributed by atoms with Crippen LogP contribution in [0, 0.1) is 0 Å². The normalized spacial score (nSPS) is 22.2. The molecule has 3 rings (SSSR count). The second-order valence-electron chi connectivity index (χ2n) is 8.74. The Morgan fingerprint density at radius 1 is 0.941 bits per heavy atom. The molecule has 0 radical (unpaired) electrons. The number of carbonyl (C=O) groups is 2. The summed E-state index contributed by atoms with van der Waals surface area (Å²) in [4.78, 5) is 32.2. The minimum Gasteiger partial charge on any atom is -0.465 e. The lowest BCUT2D eigenvalue weighted by molar-refractivity contribution is -0.149. The monoisotopic (exact) mass is 486 g/mol. The van der Waals surface area contributed by atoms with Gasteiger partial charge in [-0.2, -0.15) is 0 Å². The van der Waals surface area contributed by atoms with Crippen LogP contribution in [-0.4, -0.2) is 123 Å². The zero-order valence-electron chi connectivity index (χ0n) is 23.5. The molecule has 2 atom stereocenters. The van der Waals surface area contributed by atoms with Crippen LogP contribution in [0.15, 0.2) is 0 Å². The van der Waals surface area contributed by atoms with Gasteiger partial charge in [0.05, 0.1) is 6.61 Å². The van der Waals surface area contributed by atoms with Crippen LogP contribution in [-0.2, 0) is 19.1 Å². The van der Waals surface area contributed by atoms with Gasteiger partial charge < -0.3 is 24.2 Å². The molecule has 0 aliphatic carbocycles. The summed E-state index contributed by atoms with van der Waals surface area (Å²) in [6, 6.07) is -0.0936. The van der Waals surface area contributed by atoms with E-state index in [-0.39, 0.29) is 24.0 Å². The Morgan fingerprint density at radius 2 is 1.50 bits per heavy atom. The van der Waals surface area contributed by atoms with Gasteiger partial charge in [0.1, 0.15) is 12.1 Å². The maximum absolute atomic E-state index is 11.9. The van der Waals surface area contributed by atoms with Gasteiger partial charge >= 0.3 is 5.97 Å². The lowest BCUT2D eigenvalue weighted by atomic mass is 10.2. The van der Waals surface area contributed by atoms with E-state index in [0.29, 0.717) is 6.61 Å². The number of hydrogen-bond donors (Lipinski definition) is 0. The molecule has 0 aromatic carbocycles. The number of likely N-dealkylation sites (N-methyl/N-ethyl adjacent to an activating group) is 2. The summed E-state index contributed by atoms with van der Waals surface area (Å²) in [5, 5.41) is 0. The van der Waals surface area contributed by atoms with Gasteiger partial charge in [0.2, 0.25) is 0 Å². The first-order chi connectivity index (χ1) is 16.4. The van der Waals surface area contributed by atoms with Gasteiger partial charge in [-0.25, -0.2) is 0 Å². The van der Waals surface area contributed by atoms with Crippen molar-refractivity contribution in [1.29, 1.82) is 0 Å². The minimum atomic E-state index is -0.140. The molecule has 3 aliphatic heterocycles. The average Bonchev–Trinajstić information content (AvgIpc) is 3.41. The van der Waals surface area contributed by atoms with E-state index in [1.807, 2.05) is 32.6 Å². The summed E-state index contributed by atoms with van der Waals surface area (Å²) in [5.74, 6) is 0.109. The number of esters is 1. The smallest absolute Gasteiger partial charge is 0.323 e. The zero-order chi connectivity index (χ0) is 25.9. The third-order valence-corrected chi connectivity index (χ3v) is 6.05. The molecule has 0 aromatic rings. The third-order valence-electron chi connectivity index (χ3n) is 6.05. The average molecular weight is 487 g/mol. The highest BCUT2D eigenvalue weighted by molar-refractivity contribution is 5.81. The highest BCUT2D eigenvalue weighted by Crippen LogP contribution is 2.15. The van der Waals surface area contributed by atoms with E-state index < -0.39 is 0 Å². The molecule has 2 unspecified atom stereocenters. The first-order valence-corrected chi connectivity index (χ1v) is 13.6. The second kappa shape index (κ2) is 20.0. The summed E-state index contributed by atoms with van der Waals surface area (Å²) in [7, 11) is 2.09. The Kier molecular flexibility index (Phi) is 19.3. The van der Waals surface area contributed by atoms with Crippen molar-refractivity contribution < 1.29 is 19.1 Å². The lowest BCUT2D eigenvalue weighted by Crippen LogP contribution is -2.51. The summed E-state index contributed by atoms with van der Waals surface area (Å²) in [6.45, 7) is 24.2. The van der Waals surface area contributed by atoms with Gasteiger partial charge in [0, 0.05) is 59.0 Å². The third kappa shape index (κ3) is 12.5. The van der Waals surface area contributed by atoms with Crippen LogP contribution in [0.4, 0.5) is 0 Å². The van der Waals surface area contributed by atoms with Gasteiger partial charge in [0.15, 0.2) is 0 Å². The van der Waals surface area contributed by atoms with Gasteiger partial charge in [-0.1, -0.05) is 41.0 Å². The number of amides is 1. The number of ether oxygens (including phenoxy) is 2. The van der Waals surface area contributed by atoms with Gasteiger partial charge in [-0.3, -0.25) is 14.5 Å². The van der Waals surface area contributed by atoms with E-state index in [1.54, 1.807) is 0 Å². The van der Waals surface area contributed by atoms with Crippen molar-refractivity contribution in [1.82, 2.24) is 19.6 Å². The Bertz CT molecular complexity index is 513. The SMILES string of the molecule is CC.CCC.CCOC(=O)C(C)N1CCN(CC)CC1.CN1CCN(C(=O)C2CCCO2)CC1. The van der Waals surface area contributed by atoms with E-state index in [1.165, 1.54) is 6.42 Å². The quantitative estimate of drug-likeness (QED) is 0.554. The first kappa shape index (κ1) is 32.8. The molecule has 3 heterocycles. The van der Waals surface area contributed by atoms with E-state index in [0.717, 1.165) is 78.4 Å². The Balaban J connectivity index is 0.000000540. The van der Waals surface area contributed by atoms with Crippen LogP contribution in [0.25, 0.3) is 0 Å². The number of carbonyl (C=O) groups excluding carboxylic acids is 2. The summed E-state index contributed by atoms with van der Waals surface area (Å²) in [6.07, 6.45) is 3.05. The molecule has 34 heavy (non-hydrogen) atoms. The van der Waals surface area contributed by atoms with Crippen molar-refractivity contribution in [3.8, 4) is 0 Å². The number of nitrogens with zero attached hydrogens (tertiary/aromatic N) is 4. The molecular formula is C26H54N4O4. The zero-order valence-corrected chi connectivity index (χ0v) is 23.5. The fourth-order valence-corrected chi connectivity index (χ4v) is 3.88. The Labute approximate surface area is 209 Å². The number of hydrogen-bond acceptors (Lipinski definition) is 7. The summed E-state index contributed by atoms with van der Waals surface area (Å²) in [5.41, 5.74) is 0. The standard InChI is InChI=1S/C11H22N2O2.C10H18N2O2.C3H8.C2H6/c1-4-12-6-8-13(9-7-12)10(3)11(14)15-5-2;1-11-4-6-12(7-5-11)10(13)9-3-2-8-14-9;1-3-2;1-2/h10H,4-9H2,1-3H3;9H,2-8H2,1H3;3H2,1-2H3;1-2H3. The van der Waals surface area contributed by atoms with Crippen molar-refractivity contribution in [2.24, 2.45) is 0 Å². The molecule has 0 bridgehead atoms. The first-order valence-electron chi connectivity index (χ1n) is 13.6. The van der Waals surface area contributed by atoms with Crippen molar-refractivity contribution in [2.45, 2.75) is 79.9 Å². The molecule has 0 saturated carbocycles. The largest absolute Gasteiger partial charge is 0.465 e. The topological polar surface area (TPSA) is 65.6 Å². The van der Waals surface area contributed by atoms with Gasteiger partial charge in [-0.05, 0) is 40.3 Å². The highest BCUT2D eigenvalue weighted by atomic mass is 16.5. The molecule has 3 saturated heterocycles. The maximum Gasteiger partial charge on any atom is 0.323 e. The molecular weight excluding hydrogens is 432 g/mol. The van der Waals surface area contributed by atoms with E-state index in [9.17, 15) is 9.59 Å². The molecule has 0 aromatic heterocycles. The molecule has 3 fully saturated rings. The molecule has 0 spiro atoms. The van der Waals surface area contributed by atoms with Crippen LogP contribution in [0.2, 0.25) is 0 Å². The fraction of sp³-hybridized carbons (Fsp3) is 0.923. The summed E-state index contributed by atoms with van der Waals surface area (Å²) >= 11 is 0. The molecule has 8 nitrogen and oxygen atoms in total. The van der Waals surface area contributed by atoms with Crippen molar-refractivity contribution in [3.05, 3.63) is 0 Å². The fourth-order valence-electron chi connectivity index (χ4n) is 3.88. The van der Waals surface area contributed by atoms with Gasteiger partial charge in [0.25, 0.3) is 5.91 Å². The number of piperazine rings is 2. The van der Waals surface area contributed by atoms with Crippen LogP contribution < -0.4 is 0 Å². The second-order valence-corrected chi connectivity index (χ2v) is 8.74. The van der Waals surface area contributed by atoms with Crippen molar-refractivity contribution in [3.63, 3.8) is 0 Å². The van der Waals surface area contributed by atoms with E-state index >= 15 is 0 Å². The van der Waals surface area contributed by atoms with Crippen LogP contribution in [0.5, 0.6) is 0 Å². The Morgan fingerprint density at radius 3 is 1.94 bits per heavy atom. The van der Waals surface area contributed by atoms with Crippen molar-refractivity contribution in [2.75, 3.05) is 79.2 Å². The summed E-state index contributed by atoms with van der Waals surface area (Å²) < 4.78 is 10.4. The van der Waals surface area contributed by atoms with Crippen LogP contribution >= 0.6 is 0 Å². The molecule has 1 amide bonds. The van der Waals surface area contributed by atoms with Crippen LogP contribution in [0.1, 0.15) is 67.7 Å². The van der Waals surface area contributed by atoms with E-state index in [2.05, 4.69) is 42.5 Å². The minimum absolute atomic E-state index is 0.0936. The molecule has 0 N–H and O–H groups in total. The molecule has 202 valence electrons. The van der Waals surface area contributed by atoms with Crippen LogP contribution in [0.3, 0.4) is 0 Å². The highest BCUT2D eigenvalue weighted by Gasteiger charge is 2.29. The predicted molar refractivity (Wildman–Crippen MR) is 140 cm³/mol. The molecule has 8 heteroatoms. The lowest BCUT2D eigenvalue weighted by Gasteiger charge is -2.36. The maximum atomic E-state index is 11.9. The van der Waals surface area contributed by atoms with Gasteiger partial charge in [-0.15, -0.1) is 0 Å². The van der Waals surface area contributed by atoms with Crippen molar-refractivity contribution >= 4 is 11.9 Å². The number of rotatable bonds is 5.